The SMILES string of the molecule is CC[C@H](NC(=O)c1ncncc1Cl)c1ccccc1OC(F)F. The summed E-state index contributed by atoms with van der Waals surface area (Å²) in [5.41, 5.74) is 0.473. The fourth-order valence-corrected chi connectivity index (χ4v) is 2.27. The normalized spacial score (nSPS) is 12.0. The van der Waals surface area contributed by atoms with Crippen molar-refractivity contribution < 1.29 is 18.3 Å². The van der Waals surface area contributed by atoms with Crippen LogP contribution in [0.3, 0.4) is 0 Å². The molecule has 0 fully saturated rings. The Hall–Kier alpha value is -2.28. The largest absolute Gasteiger partial charge is 0.434 e. The molecular formula is C15H14ClF2N3O2. The van der Waals surface area contributed by atoms with Crippen LogP contribution >= 0.6 is 11.6 Å². The van der Waals surface area contributed by atoms with Crippen molar-refractivity contribution in [3.63, 3.8) is 0 Å². The molecule has 1 N–H and O–H groups in total. The molecule has 0 bridgehead atoms. The van der Waals surface area contributed by atoms with Crippen LogP contribution in [0.4, 0.5) is 8.78 Å². The lowest BCUT2D eigenvalue weighted by atomic mass is 10.0. The molecule has 2 rings (SSSR count). The molecule has 2 aromatic rings. The van der Waals surface area contributed by atoms with Gasteiger partial charge in [-0.2, -0.15) is 8.78 Å². The van der Waals surface area contributed by atoms with Gasteiger partial charge in [0.25, 0.3) is 5.91 Å². The Morgan fingerprint density at radius 3 is 2.78 bits per heavy atom. The van der Waals surface area contributed by atoms with Gasteiger partial charge in [-0.05, 0) is 12.5 Å². The first-order valence-electron chi connectivity index (χ1n) is 6.83. The van der Waals surface area contributed by atoms with Crippen molar-refractivity contribution in [1.82, 2.24) is 15.3 Å². The standard InChI is InChI=1S/C15H14ClF2N3O2/c1-2-11(9-5-3-4-6-12(9)23-15(17)18)21-14(22)13-10(16)7-19-8-20-13/h3-8,11,15H,2H2,1H3,(H,21,22)/t11-/m0/s1. The summed E-state index contributed by atoms with van der Waals surface area (Å²) >= 11 is 5.88. The van der Waals surface area contributed by atoms with E-state index in [0.29, 0.717) is 12.0 Å². The zero-order valence-electron chi connectivity index (χ0n) is 12.2. The molecule has 5 nitrogen and oxygen atoms in total. The van der Waals surface area contributed by atoms with Gasteiger partial charge in [0.2, 0.25) is 0 Å². The number of ether oxygens (including phenoxy) is 1. The lowest BCUT2D eigenvalue weighted by Crippen LogP contribution is -2.29. The highest BCUT2D eigenvalue weighted by Crippen LogP contribution is 2.28. The van der Waals surface area contributed by atoms with Crippen LogP contribution in [0.5, 0.6) is 5.75 Å². The summed E-state index contributed by atoms with van der Waals surface area (Å²) in [6, 6.07) is 5.78. The summed E-state index contributed by atoms with van der Waals surface area (Å²) in [5.74, 6) is -0.500. The van der Waals surface area contributed by atoms with Crippen LogP contribution in [0.15, 0.2) is 36.8 Å². The molecule has 23 heavy (non-hydrogen) atoms. The molecule has 0 aliphatic rings. The van der Waals surface area contributed by atoms with Crippen LogP contribution in [-0.4, -0.2) is 22.5 Å². The Morgan fingerprint density at radius 1 is 1.39 bits per heavy atom. The van der Waals surface area contributed by atoms with Crippen LogP contribution in [0, 0.1) is 0 Å². The number of halogens is 3. The highest BCUT2D eigenvalue weighted by molar-refractivity contribution is 6.33. The van der Waals surface area contributed by atoms with Crippen molar-refractivity contribution in [2.75, 3.05) is 0 Å². The lowest BCUT2D eigenvalue weighted by Gasteiger charge is -2.20. The molecule has 0 spiro atoms. The van der Waals surface area contributed by atoms with Crippen LogP contribution in [-0.2, 0) is 0 Å². The molecule has 122 valence electrons. The van der Waals surface area contributed by atoms with E-state index in [4.69, 9.17) is 11.6 Å². The predicted molar refractivity (Wildman–Crippen MR) is 80.6 cm³/mol. The van der Waals surface area contributed by atoms with Gasteiger partial charge in [-0.15, -0.1) is 0 Å². The summed E-state index contributed by atoms with van der Waals surface area (Å²) < 4.78 is 29.5. The minimum Gasteiger partial charge on any atom is -0.434 e. The number of alkyl halides is 2. The molecule has 0 unspecified atom stereocenters. The van der Waals surface area contributed by atoms with E-state index < -0.39 is 18.6 Å². The molecular weight excluding hydrogens is 328 g/mol. The quantitative estimate of drug-likeness (QED) is 0.871. The molecule has 0 radical (unpaired) electrons. The summed E-state index contributed by atoms with van der Waals surface area (Å²) in [4.78, 5) is 19.8. The zero-order valence-corrected chi connectivity index (χ0v) is 12.9. The number of carbonyl (C=O) groups is 1. The van der Waals surface area contributed by atoms with Crippen molar-refractivity contribution in [2.45, 2.75) is 26.0 Å². The van der Waals surface area contributed by atoms with E-state index in [2.05, 4.69) is 20.0 Å². The van der Waals surface area contributed by atoms with E-state index in [1.165, 1.54) is 18.6 Å². The van der Waals surface area contributed by atoms with Gasteiger partial charge >= 0.3 is 6.61 Å². The van der Waals surface area contributed by atoms with Crippen molar-refractivity contribution in [3.8, 4) is 5.75 Å². The van der Waals surface area contributed by atoms with Crippen LogP contribution in [0.2, 0.25) is 5.02 Å². The van der Waals surface area contributed by atoms with E-state index in [1.54, 1.807) is 18.2 Å². The predicted octanol–water partition coefficient (Wildman–Crippen LogP) is 3.61. The summed E-state index contributed by atoms with van der Waals surface area (Å²) in [6.45, 7) is -1.13. The molecule has 0 aliphatic carbocycles. The number of para-hydroxylation sites is 1. The third kappa shape index (κ3) is 4.35. The van der Waals surface area contributed by atoms with E-state index in [0.717, 1.165) is 0 Å². The zero-order chi connectivity index (χ0) is 16.8. The average Bonchev–Trinajstić information content (AvgIpc) is 2.53. The first-order valence-corrected chi connectivity index (χ1v) is 7.20. The van der Waals surface area contributed by atoms with Crippen molar-refractivity contribution >= 4 is 17.5 Å². The van der Waals surface area contributed by atoms with Gasteiger partial charge in [0, 0.05) is 11.8 Å². The van der Waals surface area contributed by atoms with Gasteiger partial charge in [0.05, 0.1) is 11.1 Å². The molecule has 1 aromatic carbocycles. The van der Waals surface area contributed by atoms with Gasteiger partial charge in [0.15, 0.2) is 0 Å². The Balaban J connectivity index is 2.24. The highest BCUT2D eigenvalue weighted by atomic mass is 35.5. The van der Waals surface area contributed by atoms with E-state index >= 15 is 0 Å². The molecule has 1 amide bonds. The summed E-state index contributed by atoms with van der Waals surface area (Å²) in [6.07, 6.45) is 2.98. The molecule has 0 saturated heterocycles. The Morgan fingerprint density at radius 2 is 2.13 bits per heavy atom. The van der Waals surface area contributed by atoms with Gasteiger partial charge in [-0.25, -0.2) is 9.97 Å². The maximum absolute atomic E-state index is 12.5. The highest BCUT2D eigenvalue weighted by Gasteiger charge is 2.21. The first kappa shape index (κ1) is 17.1. The number of nitrogens with zero attached hydrogens (tertiary/aromatic N) is 2. The summed E-state index contributed by atoms with van der Waals surface area (Å²) in [7, 11) is 0. The minimum atomic E-state index is -2.94. The van der Waals surface area contributed by atoms with Crippen LogP contribution in [0.25, 0.3) is 0 Å². The maximum Gasteiger partial charge on any atom is 0.387 e. The topological polar surface area (TPSA) is 64.1 Å². The monoisotopic (exact) mass is 341 g/mol. The van der Waals surface area contributed by atoms with E-state index in [1.807, 2.05) is 6.92 Å². The molecule has 1 heterocycles. The number of amides is 1. The molecule has 8 heteroatoms. The Labute approximate surface area is 136 Å². The fraction of sp³-hybridized carbons (Fsp3) is 0.267. The van der Waals surface area contributed by atoms with Crippen LogP contribution < -0.4 is 10.1 Å². The number of hydrogen-bond donors (Lipinski definition) is 1. The number of rotatable bonds is 6. The second kappa shape index (κ2) is 7.82. The smallest absolute Gasteiger partial charge is 0.387 e. The second-order valence-corrected chi connectivity index (χ2v) is 4.98. The van der Waals surface area contributed by atoms with Gasteiger partial charge in [0.1, 0.15) is 17.8 Å². The van der Waals surface area contributed by atoms with Crippen LogP contribution in [0.1, 0.15) is 35.4 Å². The van der Waals surface area contributed by atoms with Gasteiger partial charge in [-0.3, -0.25) is 4.79 Å². The summed E-state index contributed by atoms with van der Waals surface area (Å²) in [5, 5.41) is 2.82. The van der Waals surface area contributed by atoms with E-state index in [-0.39, 0.29) is 16.5 Å². The van der Waals surface area contributed by atoms with Crippen molar-refractivity contribution in [1.29, 1.82) is 0 Å². The van der Waals surface area contributed by atoms with Crippen molar-refractivity contribution in [3.05, 3.63) is 53.1 Å². The lowest BCUT2D eigenvalue weighted by molar-refractivity contribution is -0.0506. The van der Waals surface area contributed by atoms with Crippen molar-refractivity contribution in [2.24, 2.45) is 0 Å². The molecule has 0 aliphatic heterocycles. The number of benzene rings is 1. The molecule has 0 saturated carbocycles. The molecule has 1 atom stereocenters. The Kier molecular flexibility index (Phi) is 5.81. The fourth-order valence-electron chi connectivity index (χ4n) is 2.08. The van der Waals surface area contributed by atoms with Gasteiger partial charge in [-0.1, -0.05) is 36.7 Å². The minimum absolute atomic E-state index is 0.0171. The number of aromatic nitrogens is 2. The average molecular weight is 342 g/mol. The number of nitrogens with one attached hydrogen (secondary N) is 1. The first-order chi connectivity index (χ1) is 11.0. The molecule has 1 aromatic heterocycles. The number of carbonyl (C=O) groups excluding carboxylic acids is 1. The maximum atomic E-state index is 12.5. The Bertz CT molecular complexity index is 685. The second-order valence-electron chi connectivity index (χ2n) is 4.57. The van der Waals surface area contributed by atoms with Gasteiger partial charge < -0.3 is 10.1 Å². The third-order valence-corrected chi connectivity index (χ3v) is 3.38. The number of hydrogen-bond acceptors (Lipinski definition) is 4. The third-order valence-electron chi connectivity index (χ3n) is 3.11. The van der Waals surface area contributed by atoms with E-state index in [9.17, 15) is 13.6 Å².